The highest BCUT2D eigenvalue weighted by molar-refractivity contribution is 6.58. The van der Waals surface area contributed by atoms with Gasteiger partial charge in [0.15, 0.2) is 0 Å². The van der Waals surface area contributed by atoms with Gasteiger partial charge in [0.1, 0.15) is 0 Å². The van der Waals surface area contributed by atoms with Crippen LogP contribution in [0, 0.1) is 6.85 Å². The zero-order valence-corrected chi connectivity index (χ0v) is 6.61. The molecular formula is C8H8BF3O2. The molecule has 0 spiro atoms. The third-order valence-corrected chi connectivity index (χ3v) is 1.37. The first kappa shape index (κ1) is 5.18. The van der Waals surface area contributed by atoms with E-state index in [-0.39, 0.29) is 0 Å². The van der Waals surface area contributed by atoms with Crippen molar-refractivity contribution in [1.82, 2.24) is 0 Å². The quantitative estimate of drug-likeness (QED) is 0.669. The summed E-state index contributed by atoms with van der Waals surface area (Å²) in [5.41, 5.74) is -4.50. The van der Waals surface area contributed by atoms with E-state index in [1.807, 2.05) is 0 Å². The van der Waals surface area contributed by atoms with Gasteiger partial charge in [0.2, 0.25) is 0 Å². The highest BCUT2D eigenvalue weighted by Gasteiger charge is 2.32. The molecule has 0 saturated carbocycles. The molecule has 1 rings (SSSR count). The minimum atomic E-state index is -5.26. The Kier molecular flexibility index (Phi) is 1.34. The van der Waals surface area contributed by atoms with Crippen LogP contribution >= 0.6 is 0 Å². The van der Waals surface area contributed by atoms with Gasteiger partial charge in [-0.1, -0.05) is 18.1 Å². The molecule has 1 aromatic carbocycles. The van der Waals surface area contributed by atoms with Crippen LogP contribution in [0.25, 0.3) is 0 Å². The van der Waals surface area contributed by atoms with E-state index in [0.29, 0.717) is 0 Å². The van der Waals surface area contributed by atoms with Crippen molar-refractivity contribution < 1.29 is 31.4 Å². The fraction of sp³-hybridized carbons (Fsp3) is 0.250. The molecule has 0 saturated heterocycles. The molecule has 0 amide bonds. The van der Waals surface area contributed by atoms with Crippen LogP contribution in [0.15, 0.2) is 18.1 Å². The number of halogens is 3. The second-order valence-electron chi connectivity index (χ2n) is 2.41. The van der Waals surface area contributed by atoms with E-state index in [9.17, 15) is 13.2 Å². The van der Waals surface area contributed by atoms with E-state index < -0.39 is 54.9 Å². The molecule has 76 valence electrons. The van der Waals surface area contributed by atoms with Crippen molar-refractivity contribution in [3.05, 3.63) is 29.3 Å². The maximum absolute atomic E-state index is 12.9. The lowest BCUT2D eigenvalue weighted by Gasteiger charge is -2.11. The molecule has 2 N–H and O–H groups in total. The van der Waals surface area contributed by atoms with Crippen LogP contribution < -0.4 is 5.46 Å². The summed E-state index contributed by atoms with van der Waals surface area (Å²) in [7, 11) is -2.53. The normalized spacial score (nSPS) is 18.6. The van der Waals surface area contributed by atoms with E-state index in [2.05, 4.69) is 0 Å². The van der Waals surface area contributed by atoms with Crippen LogP contribution in [0.5, 0.6) is 0 Å². The van der Waals surface area contributed by atoms with Gasteiger partial charge >= 0.3 is 13.3 Å². The van der Waals surface area contributed by atoms with Gasteiger partial charge in [0.05, 0.1) is 9.68 Å². The first-order chi connectivity index (χ1) is 8.80. The van der Waals surface area contributed by atoms with E-state index in [4.69, 9.17) is 18.3 Å². The maximum Gasteiger partial charge on any atom is 0.488 e. The minimum Gasteiger partial charge on any atom is -0.423 e. The largest absolute Gasteiger partial charge is 0.488 e. The van der Waals surface area contributed by atoms with E-state index >= 15 is 0 Å². The molecule has 0 unspecified atom stereocenters. The minimum absolute atomic E-state index is 1.05. The number of rotatable bonds is 1. The van der Waals surface area contributed by atoms with Gasteiger partial charge in [-0.15, -0.1) is 0 Å². The summed E-state index contributed by atoms with van der Waals surface area (Å²) >= 11 is 0. The van der Waals surface area contributed by atoms with Gasteiger partial charge in [-0.25, -0.2) is 0 Å². The smallest absolute Gasteiger partial charge is 0.423 e. The molecule has 0 aromatic heterocycles. The first-order valence-corrected chi connectivity index (χ1v) is 3.37. The van der Waals surface area contributed by atoms with Crippen molar-refractivity contribution in [2.75, 3.05) is 0 Å². The Morgan fingerprint density at radius 3 is 2.50 bits per heavy atom. The Bertz CT molecular complexity index is 543. The average molecular weight is 210 g/mol. The summed E-state index contributed by atoms with van der Waals surface area (Å²) in [5.74, 6) is 0. The first-order valence-electron chi connectivity index (χ1n) is 6.37. The van der Waals surface area contributed by atoms with Gasteiger partial charge < -0.3 is 10.0 Å². The molecule has 0 fully saturated rings. The van der Waals surface area contributed by atoms with Crippen molar-refractivity contribution in [3.8, 4) is 0 Å². The highest BCUT2D eigenvalue weighted by Crippen LogP contribution is 2.30. The SMILES string of the molecule is [2H]c1c([2H])c(C(F)(F)F)c(C([2H])([2H])[2H])c([2H])c1B(O)O. The monoisotopic (exact) mass is 210 g/mol. The molecule has 0 aliphatic rings. The molecule has 2 nitrogen and oxygen atoms in total. The van der Waals surface area contributed by atoms with Gasteiger partial charge in [0, 0.05) is 4.11 Å². The van der Waals surface area contributed by atoms with Crippen LogP contribution in [-0.2, 0) is 6.18 Å². The number of alkyl halides is 3. The van der Waals surface area contributed by atoms with Crippen LogP contribution in [0.4, 0.5) is 13.2 Å². The lowest BCUT2D eigenvalue weighted by molar-refractivity contribution is -0.138. The zero-order chi connectivity index (χ0) is 16.0. The summed E-state index contributed by atoms with van der Waals surface area (Å²) < 4.78 is 81.7. The molecule has 0 bridgehead atoms. The van der Waals surface area contributed by atoms with E-state index in [1.54, 1.807) is 0 Å². The number of hydrogen-bond donors (Lipinski definition) is 2. The van der Waals surface area contributed by atoms with Crippen molar-refractivity contribution >= 4 is 12.6 Å². The Labute approximate surface area is 87.6 Å². The lowest BCUT2D eigenvalue weighted by Crippen LogP contribution is -2.30. The highest BCUT2D eigenvalue weighted by atomic mass is 19.4. The summed E-state index contributed by atoms with van der Waals surface area (Å²) in [4.78, 5) is 0. The Balaban J connectivity index is 3.97. The molecule has 0 atom stereocenters. The van der Waals surface area contributed by atoms with Gasteiger partial charge in [-0.2, -0.15) is 13.2 Å². The molecule has 0 heterocycles. The average Bonchev–Trinajstić information content (AvgIpc) is 2.18. The summed E-state index contributed by atoms with van der Waals surface area (Å²) in [5, 5.41) is 17.9. The van der Waals surface area contributed by atoms with Gasteiger partial charge in [-0.05, 0) is 17.9 Å². The number of hydrogen-bond acceptors (Lipinski definition) is 2. The van der Waals surface area contributed by atoms with Crippen molar-refractivity contribution in [2.24, 2.45) is 0 Å². The second-order valence-corrected chi connectivity index (χ2v) is 2.41. The Hall–Kier alpha value is -1.01. The fourth-order valence-electron chi connectivity index (χ4n) is 0.762. The van der Waals surface area contributed by atoms with Crippen molar-refractivity contribution in [1.29, 1.82) is 0 Å². The van der Waals surface area contributed by atoms with Crippen molar-refractivity contribution in [2.45, 2.75) is 13.0 Å². The van der Waals surface area contributed by atoms with Crippen LogP contribution in [-0.4, -0.2) is 17.2 Å². The standard InChI is InChI=1S/C8H8BF3O2/c1-5-4-6(9(13)14)2-3-7(5)8(10,11)12/h2-4,13-14H,1H3/i1D3,2D,3D,4D. The van der Waals surface area contributed by atoms with Gasteiger partial charge in [0.25, 0.3) is 0 Å². The fourth-order valence-corrected chi connectivity index (χ4v) is 0.762. The number of benzene rings is 1. The Morgan fingerprint density at radius 1 is 1.43 bits per heavy atom. The molecule has 14 heavy (non-hydrogen) atoms. The summed E-state index contributed by atoms with van der Waals surface area (Å²) in [6.07, 6.45) is -5.26. The van der Waals surface area contributed by atoms with Crippen LogP contribution in [0.1, 0.15) is 19.4 Å². The third-order valence-electron chi connectivity index (χ3n) is 1.37. The van der Waals surface area contributed by atoms with Gasteiger partial charge in [-0.3, -0.25) is 0 Å². The maximum atomic E-state index is 12.9. The lowest BCUT2D eigenvalue weighted by atomic mass is 9.79. The predicted octanol–water partition coefficient (Wildman–Crippen LogP) is 0.694. The zero-order valence-electron chi connectivity index (χ0n) is 12.6. The van der Waals surface area contributed by atoms with Crippen LogP contribution in [0.3, 0.4) is 0 Å². The molecule has 0 aliphatic carbocycles. The summed E-state index contributed by atoms with van der Waals surface area (Å²) in [6, 6.07) is -4.08. The predicted molar refractivity (Wildman–Crippen MR) is 46.0 cm³/mol. The topological polar surface area (TPSA) is 40.5 Å². The van der Waals surface area contributed by atoms with E-state index in [0.717, 1.165) is 0 Å². The summed E-state index contributed by atoms with van der Waals surface area (Å²) in [6.45, 7) is -3.39. The third kappa shape index (κ3) is 2.27. The molecule has 1 aromatic rings. The molecule has 0 radical (unpaired) electrons. The van der Waals surface area contributed by atoms with Crippen molar-refractivity contribution in [3.63, 3.8) is 0 Å². The second kappa shape index (κ2) is 3.63. The van der Waals surface area contributed by atoms with E-state index in [1.165, 1.54) is 0 Å². The molecular weight excluding hydrogens is 196 g/mol. The molecule has 0 aliphatic heterocycles. The molecule has 6 heteroatoms. The Morgan fingerprint density at radius 2 is 2.07 bits per heavy atom. The van der Waals surface area contributed by atoms with Crippen LogP contribution in [0.2, 0.25) is 0 Å².